The zero-order chi connectivity index (χ0) is 28.6. The third kappa shape index (κ3) is 8.57. The highest BCUT2D eigenvalue weighted by atomic mass is 16.5. The molecule has 0 amide bonds. The van der Waals surface area contributed by atoms with Crippen molar-refractivity contribution < 1.29 is 18.4 Å². The predicted octanol–water partition coefficient (Wildman–Crippen LogP) is 6.86. The molecule has 0 unspecified atom stereocenters. The second-order valence-electron chi connectivity index (χ2n) is 12.3. The van der Waals surface area contributed by atoms with Crippen molar-refractivity contribution in [2.24, 2.45) is 0 Å². The van der Waals surface area contributed by atoms with Crippen LogP contribution in [0.1, 0.15) is 22.3 Å². The lowest BCUT2D eigenvalue weighted by Gasteiger charge is -2.24. The van der Waals surface area contributed by atoms with E-state index >= 15 is 0 Å². The van der Waals surface area contributed by atoms with Crippen LogP contribution in [0.25, 0.3) is 11.1 Å². The van der Waals surface area contributed by atoms with E-state index in [1.54, 1.807) is 0 Å². The maximum absolute atomic E-state index is 6.07. The Morgan fingerprint density at radius 1 is 0.425 bits per heavy atom. The molecule has 4 nitrogen and oxygen atoms in total. The Labute approximate surface area is 240 Å². The Bertz CT molecular complexity index is 1250. The van der Waals surface area contributed by atoms with Crippen molar-refractivity contribution >= 4 is 11.1 Å². The molecule has 40 heavy (non-hydrogen) atoms. The van der Waals surface area contributed by atoms with Crippen LogP contribution >= 0.6 is 0 Å². The number of nitrogens with zero attached hydrogens (tertiary/aromatic N) is 2. The third-order valence-corrected chi connectivity index (χ3v) is 6.72. The van der Waals surface area contributed by atoms with Crippen LogP contribution in [0.3, 0.4) is 0 Å². The van der Waals surface area contributed by atoms with E-state index < -0.39 is 0 Å². The van der Waals surface area contributed by atoms with Crippen molar-refractivity contribution in [1.82, 2.24) is 0 Å². The summed E-state index contributed by atoms with van der Waals surface area (Å²) in [6.45, 7) is 3.26. The van der Waals surface area contributed by atoms with Gasteiger partial charge in [0.15, 0.2) is 0 Å². The maximum Gasteiger partial charge on any atom is 0.137 e. The molecule has 0 atom stereocenters. The molecular weight excluding hydrogens is 492 g/mol. The fourth-order valence-electron chi connectivity index (χ4n) is 4.43. The lowest BCUT2D eigenvalue weighted by Crippen LogP contribution is -2.38. The van der Waals surface area contributed by atoms with E-state index in [0.717, 1.165) is 44.7 Å². The van der Waals surface area contributed by atoms with Gasteiger partial charge < -0.3 is 18.4 Å². The van der Waals surface area contributed by atoms with Crippen LogP contribution < -0.4 is 9.47 Å². The van der Waals surface area contributed by atoms with E-state index in [-0.39, 0.29) is 0 Å². The first-order valence-electron chi connectivity index (χ1n) is 14.0. The standard InChI is InChI=1S/C36H44N2O2/c1-37(2,3)25-27-39-33-21-17-31(18-22-33)35(29-13-9-7-10-14-29)36(30-15-11-8-12-16-30)32-19-23-34(24-20-32)40-28-26-38(4,5)6/h7-24H,25-28H2,1-6H3/q+2/b36-35+. The highest BCUT2D eigenvalue weighted by molar-refractivity contribution is 6.04. The van der Waals surface area contributed by atoms with Crippen molar-refractivity contribution in [3.63, 3.8) is 0 Å². The lowest BCUT2D eigenvalue weighted by molar-refractivity contribution is -0.870. The summed E-state index contributed by atoms with van der Waals surface area (Å²) >= 11 is 0. The molecule has 4 aromatic rings. The number of hydrogen-bond acceptors (Lipinski definition) is 2. The fourth-order valence-corrected chi connectivity index (χ4v) is 4.43. The van der Waals surface area contributed by atoms with Gasteiger partial charge in [-0.05, 0) is 57.7 Å². The van der Waals surface area contributed by atoms with Gasteiger partial charge in [0, 0.05) is 0 Å². The molecule has 0 radical (unpaired) electrons. The molecule has 4 aromatic carbocycles. The molecule has 208 valence electrons. The van der Waals surface area contributed by atoms with Crippen molar-refractivity contribution in [2.75, 3.05) is 68.6 Å². The molecule has 0 heterocycles. The van der Waals surface area contributed by atoms with Crippen LogP contribution in [0.15, 0.2) is 109 Å². The van der Waals surface area contributed by atoms with Crippen molar-refractivity contribution in [1.29, 1.82) is 0 Å². The minimum Gasteiger partial charge on any atom is -0.488 e. The molecule has 0 spiro atoms. The monoisotopic (exact) mass is 536 g/mol. The van der Waals surface area contributed by atoms with Gasteiger partial charge in [0.05, 0.1) is 42.3 Å². The SMILES string of the molecule is C[N+](C)(C)CCOc1ccc(/C(=C(\c2ccccc2)c2ccc(OCC[N+](C)(C)C)cc2)c2ccccc2)cc1. The van der Waals surface area contributed by atoms with E-state index in [2.05, 4.69) is 151 Å². The highest BCUT2D eigenvalue weighted by Crippen LogP contribution is 2.37. The van der Waals surface area contributed by atoms with Crippen LogP contribution in [-0.2, 0) is 0 Å². The van der Waals surface area contributed by atoms with Gasteiger partial charge in [0.1, 0.15) is 37.8 Å². The normalized spacial score (nSPS) is 12.6. The molecule has 4 heteroatoms. The van der Waals surface area contributed by atoms with Gasteiger partial charge >= 0.3 is 0 Å². The quantitative estimate of drug-likeness (QED) is 0.145. The van der Waals surface area contributed by atoms with Gasteiger partial charge in [-0.2, -0.15) is 0 Å². The van der Waals surface area contributed by atoms with E-state index in [9.17, 15) is 0 Å². The first kappa shape index (κ1) is 29.1. The summed E-state index contributed by atoms with van der Waals surface area (Å²) in [5, 5.41) is 0. The fraction of sp³-hybridized carbons (Fsp3) is 0.278. The van der Waals surface area contributed by atoms with Gasteiger partial charge in [-0.3, -0.25) is 0 Å². The first-order chi connectivity index (χ1) is 19.1. The largest absolute Gasteiger partial charge is 0.488 e. The molecule has 0 aliphatic carbocycles. The Morgan fingerprint density at radius 3 is 1.02 bits per heavy atom. The average Bonchev–Trinajstić information content (AvgIpc) is 2.92. The average molecular weight is 537 g/mol. The Kier molecular flexibility index (Phi) is 9.46. The van der Waals surface area contributed by atoms with E-state index in [1.807, 2.05) is 0 Å². The summed E-state index contributed by atoms with van der Waals surface area (Å²) in [6, 6.07) is 38.3. The number of benzene rings is 4. The lowest BCUT2D eigenvalue weighted by atomic mass is 9.86. The number of ether oxygens (including phenoxy) is 2. The molecule has 4 rings (SSSR count). The van der Waals surface area contributed by atoms with Crippen molar-refractivity contribution in [3.05, 3.63) is 131 Å². The second-order valence-corrected chi connectivity index (χ2v) is 12.3. The van der Waals surface area contributed by atoms with Crippen molar-refractivity contribution in [2.45, 2.75) is 0 Å². The smallest absolute Gasteiger partial charge is 0.137 e. The number of hydrogen-bond donors (Lipinski definition) is 0. The van der Waals surface area contributed by atoms with Gasteiger partial charge in [0.25, 0.3) is 0 Å². The molecule has 0 bridgehead atoms. The second kappa shape index (κ2) is 13.0. The van der Waals surface area contributed by atoms with Gasteiger partial charge in [-0.15, -0.1) is 0 Å². The third-order valence-electron chi connectivity index (χ3n) is 6.72. The van der Waals surface area contributed by atoms with Crippen LogP contribution in [0.2, 0.25) is 0 Å². The van der Waals surface area contributed by atoms with Crippen molar-refractivity contribution in [3.8, 4) is 11.5 Å². The molecule has 0 N–H and O–H groups in total. The zero-order valence-corrected chi connectivity index (χ0v) is 24.9. The molecule has 0 saturated carbocycles. The molecule has 0 aromatic heterocycles. The molecule has 0 aliphatic heterocycles. The van der Waals surface area contributed by atoms with E-state index in [4.69, 9.17) is 9.47 Å². The van der Waals surface area contributed by atoms with E-state index in [0.29, 0.717) is 13.2 Å². The minimum atomic E-state index is 0.683. The Balaban J connectivity index is 1.75. The Morgan fingerprint density at radius 2 is 0.725 bits per heavy atom. The Hall–Kier alpha value is -3.86. The molecule has 0 fully saturated rings. The topological polar surface area (TPSA) is 18.5 Å². The van der Waals surface area contributed by atoms with Crippen LogP contribution in [-0.4, -0.2) is 77.6 Å². The molecule has 0 aliphatic rings. The summed E-state index contributed by atoms with van der Waals surface area (Å²) in [7, 11) is 13.1. The number of quaternary nitrogens is 2. The van der Waals surface area contributed by atoms with E-state index in [1.165, 1.54) is 22.3 Å². The van der Waals surface area contributed by atoms with Gasteiger partial charge in [0.2, 0.25) is 0 Å². The summed E-state index contributed by atoms with van der Waals surface area (Å²) in [5.41, 5.74) is 7.00. The molecular formula is C36H44N2O2+2. The zero-order valence-electron chi connectivity index (χ0n) is 24.9. The predicted molar refractivity (Wildman–Crippen MR) is 168 cm³/mol. The summed E-state index contributed by atoms with van der Waals surface area (Å²) in [4.78, 5) is 0. The molecule has 0 saturated heterocycles. The summed E-state index contributed by atoms with van der Waals surface area (Å²) in [5.74, 6) is 1.78. The minimum absolute atomic E-state index is 0.683. The van der Waals surface area contributed by atoms with Crippen LogP contribution in [0.5, 0.6) is 11.5 Å². The van der Waals surface area contributed by atoms with Crippen LogP contribution in [0, 0.1) is 0 Å². The number of rotatable bonds is 12. The highest BCUT2D eigenvalue weighted by Gasteiger charge is 2.17. The van der Waals surface area contributed by atoms with Gasteiger partial charge in [-0.25, -0.2) is 0 Å². The van der Waals surface area contributed by atoms with Gasteiger partial charge in [-0.1, -0.05) is 84.9 Å². The summed E-state index contributed by atoms with van der Waals surface area (Å²) < 4.78 is 13.9. The number of likely N-dealkylation sites (N-methyl/N-ethyl adjacent to an activating group) is 2. The van der Waals surface area contributed by atoms with Crippen LogP contribution in [0.4, 0.5) is 0 Å². The maximum atomic E-state index is 6.07. The summed E-state index contributed by atoms with van der Waals surface area (Å²) in [6.07, 6.45) is 0. The first-order valence-corrected chi connectivity index (χ1v) is 14.0.